The normalized spacial score (nSPS) is 26.2. The number of phenolic OH excluding ortho intramolecular Hbond substituents is 1. The maximum absolute atomic E-state index is 12.5. The lowest BCUT2D eigenvalue weighted by Crippen LogP contribution is -2.40. The quantitative estimate of drug-likeness (QED) is 0.853. The van der Waals surface area contributed by atoms with E-state index in [9.17, 15) is 13.5 Å². The van der Waals surface area contributed by atoms with E-state index in [2.05, 4.69) is 5.32 Å². The molecule has 1 unspecified atom stereocenters. The number of benzene rings is 1. The van der Waals surface area contributed by atoms with Crippen molar-refractivity contribution in [2.24, 2.45) is 0 Å². The highest BCUT2D eigenvalue weighted by Crippen LogP contribution is 2.28. The molecule has 0 bridgehead atoms. The smallest absolute Gasteiger partial charge is 0.304 e. The average molecular weight is 297 g/mol. The molecular weight excluding hydrogens is 278 g/mol. The van der Waals surface area contributed by atoms with Crippen LogP contribution in [0.25, 0.3) is 0 Å². The molecule has 6 nitrogen and oxygen atoms in total. The third kappa shape index (κ3) is 2.48. The molecule has 0 amide bonds. The maximum Gasteiger partial charge on any atom is 0.304 e. The molecule has 1 aromatic rings. The first-order chi connectivity index (χ1) is 9.57. The molecule has 2 fully saturated rings. The first kappa shape index (κ1) is 13.7. The third-order valence-electron chi connectivity index (χ3n) is 3.86. The zero-order valence-corrected chi connectivity index (χ0v) is 12.0. The van der Waals surface area contributed by atoms with Crippen LogP contribution >= 0.6 is 0 Å². The molecule has 1 atom stereocenters. The van der Waals surface area contributed by atoms with Gasteiger partial charge in [-0.1, -0.05) is 6.07 Å². The molecule has 0 radical (unpaired) electrons. The van der Waals surface area contributed by atoms with E-state index in [0.717, 1.165) is 19.4 Å². The van der Waals surface area contributed by atoms with Crippen LogP contribution in [0.3, 0.4) is 0 Å². The Labute approximate surface area is 119 Å². The minimum absolute atomic E-state index is 0.0774. The standard InChI is InChI=1S/C13H19N3O3S/c17-13-5-1-4-12(9-13)16-8-7-15(20(16,18)19)10-11-3-2-6-14-11/h1,4-5,9,11,14,17H,2-3,6-8,10H2. The summed E-state index contributed by atoms with van der Waals surface area (Å²) < 4.78 is 28.0. The maximum atomic E-state index is 12.5. The van der Waals surface area contributed by atoms with E-state index < -0.39 is 10.2 Å². The first-order valence-electron chi connectivity index (χ1n) is 6.87. The van der Waals surface area contributed by atoms with Crippen LogP contribution < -0.4 is 9.62 Å². The minimum atomic E-state index is -3.47. The van der Waals surface area contributed by atoms with Crippen LogP contribution in [0.15, 0.2) is 24.3 Å². The van der Waals surface area contributed by atoms with Gasteiger partial charge in [0.25, 0.3) is 0 Å². The summed E-state index contributed by atoms with van der Waals surface area (Å²) in [5, 5.41) is 12.8. The van der Waals surface area contributed by atoms with E-state index in [4.69, 9.17) is 0 Å². The van der Waals surface area contributed by atoms with Gasteiger partial charge >= 0.3 is 10.2 Å². The highest BCUT2D eigenvalue weighted by Gasteiger charge is 2.38. The van der Waals surface area contributed by atoms with Gasteiger partial charge < -0.3 is 10.4 Å². The van der Waals surface area contributed by atoms with Gasteiger partial charge in [-0.2, -0.15) is 12.7 Å². The number of hydrogen-bond donors (Lipinski definition) is 2. The van der Waals surface area contributed by atoms with Crippen molar-refractivity contribution in [1.82, 2.24) is 9.62 Å². The number of aromatic hydroxyl groups is 1. The fourth-order valence-electron chi connectivity index (χ4n) is 2.83. The first-order valence-corrected chi connectivity index (χ1v) is 8.27. The molecule has 2 heterocycles. The molecule has 2 N–H and O–H groups in total. The summed E-state index contributed by atoms with van der Waals surface area (Å²) in [6, 6.07) is 6.63. The Morgan fingerprint density at radius 1 is 1.35 bits per heavy atom. The number of phenols is 1. The van der Waals surface area contributed by atoms with Gasteiger partial charge in [-0.25, -0.2) is 0 Å². The second-order valence-electron chi connectivity index (χ2n) is 5.25. The fourth-order valence-corrected chi connectivity index (χ4v) is 4.48. The van der Waals surface area contributed by atoms with E-state index in [0.29, 0.717) is 25.3 Å². The molecule has 2 aliphatic rings. The highest BCUT2D eigenvalue weighted by molar-refractivity contribution is 7.90. The average Bonchev–Trinajstić information content (AvgIpc) is 2.99. The zero-order valence-electron chi connectivity index (χ0n) is 11.2. The molecular formula is C13H19N3O3S. The van der Waals surface area contributed by atoms with Gasteiger partial charge in [0.05, 0.1) is 5.69 Å². The summed E-state index contributed by atoms with van der Waals surface area (Å²) in [7, 11) is -3.47. The van der Waals surface area contributed by atoms with Gasteiger partial charge in [-0.15, -0.1) is 0 Å². The second kappa shape index (κ2) is 5.23. The lowest BCUT2D eigenvalue weighted by Gasteiger charge is -2.22. The van der Waals surface area contributed by atoms with Crippen molar-refractivity contribution in [2.75, 3.05) is 30.5 Å². The molecule has 0 saturated carbocycles. The predicted octanol–water partition coefficient (Wildman–Crippen LogP) is 0.511. The fraction of sp³-hybridized carbons (Fsp3) is 0.538. The van der Waals surface area contributed by atoms with Crippen LogP contribution in [0.1, 0.15) is 12.8 Å². The summed E-state index contributed by atoms with van der Waals surface area (Å²) in [5.41, 5.74) is 0.520. The molecule has 2 aliphatic heterocycles. The largest absolute Gasteiger partial charge is 0.508 e. The molecule has 2 saturated heterocycles. The van der Waals surface area contributed by atoms with Crippen LogP contribution in [0.2, 0.25) is 0 Å². The van der Waals surface area contributed by atoms with Crippen molar-refractivity contribution >= 4 is 15.9 Å². The molecule has 0 spiro atoms. The molecule has 3 rings (SSSR count). The topological polar surface area (TPSA) is 72.9 Å². The molecule has 20 heavy (non-hydrogen) atoms. The Bertz CT molecular complexity index is 584. The molecule has 1 aromatic carbocycles. The minimum Gasteiger partial charge on any atom is -0.508 e. The van der Waals surface area contributed by atoms with Gasteiger partial charge in [0, 0.05) is 31.7 Å². The lowest BCUT2D eigenvalue weighted by molar-refractivity contribution is 0.398. The summed E-state index contributed by atoms with van der Waals surface area (Å²) in [6.07, 6.45) is 2.13. The summed E-state index contributed by atoms with van der Waals surface area (Å²) in [5.74, 6) is 0.0774. The van der Waals surface area contributed by atoms with Gasteiger partial charge in [-0.05, 0) is 31.5 Å². The molecule has 110 valence electrons. The van der Waals surface area contributed by atoms with Crippen LogP contribution in [0, 0.1) is 0 Å². The molecule has 0 aromatic heterocycles. The van der Waals surface area contributed by atoms with E-state index in [1.807, 2.05) is 0 Å². The number of nitrogens with zero attached hydrogens (tertiary/aromatic N) is 2. The van der Waals surface area contributed by atoms with E-state index >= 15 is 0 Å². The van der Waals surface area contributed by atoms with Crippen LogP contribution in [0.5, 0.6) is 5.75 Å². The Hall–Kier alpha value is -1.31. The van der Waals surface area contributed by atoms with Gasteiger partial charge in [-0.3, -0.25) is 4.31 Å². The van der Waals surface area contributed by atoms with E-state index in [1.54, 1.807) is 12.1 Å². The van der Waals surface area contributed by atoms with Crippen molar-refractivity contribution in [1.29, 1.82) is 0 Å². The van der Waals surface area contributed by atoms with Crippen molar-refractivity contribution in [3.05, 3.63) is 24.3 Å². The predicted molar refractivity (Wildman–Crippen MR) is 77.0 cm³/mol. The van der Waals surface area contributed by atoms with Crippen molar-refractivity contribution in [3.63, 3.8) is 0 Å². The van der Waals surface area contributed by atoms with Gasteiger partial charge in [0.1, 0.15) is 5.75 Å². The zero-order chi connectivity index (χ0) is 14.2. The number of hydrogen-bond acceptors (Lipinski definition) is 4. The van der Waals surface area contributed by atoms with Crippen LogP contribution in [-0.2, 0) is 10.2 Å². The van der Waals surface area contributed by atoms with Crippen molar-refractivity contribution in [2.45, 2.75) is 18.9 Å². The van der Waals surface area contributed by atoms with E-state index in [1.165, 1.54) is 20.7 Å². The Balaban J connectivity index is 1.78. The summed E-state index contributed by atoms with van der Waals surface area (Å²) in [6.45, 7) is 2.42. The van der Waals surface area contributed by atoms with Crippen LogP contribution in [0.4, 0.5) is 5.69 Å². The Kier molecular flexibility index (Phi) is 3.57. The second-order valence-corrected chi connectivity index (χ2v) is 7.10. The highest BCUT2D eigenvalue weighted by atomic mass is 32.2. The third-order valence-corrected chi connectivity index (χ3v) is 5.80. The van der Waals surface area contributed by atoms with Crippen molar-refractivity contribution < 1.29 is 13.5 Å². The molecule has 7 heteroatoms. The SMILES string of the molecule is O=S1(=O)N(CC2CCCN2)CCN1c1cccc(O)c1. The van der Waals surface area contributed by atoms with E-state index in [-0.39, 0.29) is 11.8 Å². The summed E-state index contributed by atoms with van der Waals surface area (Å²) >= 11 is 0. The Morgan fingerprint density at radius 2 is 2.20 bits per heavy atom. The Morgan fingerprint density at radius 3 is 2.90 bits per heavy atom. The summed E-state index contributed by atoms with van der Waals surface area (Å²) in [4.78, 5) is 0. The van der Waals surface area contributed by atoms with Gasteiger partial charge in [0.15, 0.2) is 0 Å². The lowest BCUT2D eigenvalue weighted by atomic mass is 10.2. The number of anilines is 1. The van der Waals surface area contributed by atoms with Gasteiger partial charge in [0.2, 0.25) is 0 Å². The monoisotopic (exact) mass is 297 g/mol. The number of rotatable bonds is 3. The molecule has 0 aliphatic carbocycles. The van der Waals surface area contributed by atoms with Crippen molar-refractivity contribution in [3.8, 4) is 5.75 Å². The number of nitrogens with one attached hydrogen (secondary N) is 1. The van der Waals surface area contributed by atoms with Crippen LogP contribution in [-0.4, -0.2) is 50.1 Å².